The standard InChI is InChI=1S/C17H18FN/c1-11-3-6-15(9-12(11)2)19-17-8-4-13-10-14(18)5-7-16(13)17/h3,5-7,9-10,17,19H,4,8H2,1-2H3. The molecule has 19 heavy (non-hydrogen) atoms. The molecule has 1 unspecified atom stereocenters. The van der Waals surface area contributed by atoms with Crippen molar-refractivity contribution >= 4 is 5.69 Å². The van der Waals surface area contributed by atoms with E-state index in [1.54, 1.807) is 12.1 Å². The predicted octanol–water partition coefficient (Wildman–Crippen LogP) is 4.54. The normalized spacial score (nSPS) is 17.3. The minimum Gasteiger partial charge on any atom is -0.378 e. The number of benzene rings is 2. The van der Waals surface area contributed by atoms with Gasteiger partial charge in [-0.2, -0.15) is 0 Å². The molecule has 0 bridgehead atoms. The van der Waals surface area contributed by atoms with Crippen LogP contribution in [-0.4, -0.2) is 0 Å². The van der Waals surface area contributed by atoms with Gasteiger partial charge in [-0.05, 0) is 73.2 Å². The average Bonchev–Trinajstić information content (AvgIpc) is 2.76. The maximum atomic E-state index is 13.2. The van der Waals surface area contributed by atoms with Gasteiger partial charge in [-0.15, -0.1) is 0 Å². The molecule has 0 amide bonds. The SMILES string of the molecule is Cc1ccc(NC2CCc3cc(F)ccc32)cc1C. The van der Waals surface area contributed by atoms with Gasteiger partial charge in [-0.3, -0.25) is 0 Å². The number of aryl methyl sites for hydroxylation is 3. The molecule has 0 aromatic heterocycles. The zero-order valence-corrected chi connectivity index (χ0v) is 11.3. The highest BCUT2D eigenvalue weighted by Crippen LogP contribution is 2.34. The molecule has 0 saturated heterocycles. The first-order valence-corrected chi connectivity index (χ1v) is 6.75. The topological polar surface area (TPSA) is 12.0 Å². The van der Waals surface area contributed by atoms with Crippen LogP contribution < -0.4 is 5.32 Å². The molecule has 0 aliphatic heterocycles. The van der Waals surface area contributed by atoms with E-state index in [2.05, 4.69) is 37.4 Å². The van der Waals surface area contributed by atoms with E-state index >= 15 is 0 Å². The third kappa shape index (κ3) is 2.35. The maximum Gasteiger partial charge on any atom is 0.123 e. The largest absolute Gasteiger partial charge is 0.378 e. The van der Waals surface area contributed by atoms with Crippen molar-refractivity contribution in [1.29, 1.82) is 0 Å². The number of hydrogen-bond donors (Lipinski definition) is 1. The molecule has 0 spiro atoms. The summed E-state index contributed by atoms with van der Waals surface area (Å²) >= 11 is 0. The lowest BCUT2D eigenvalue weighted by molar-refractivity contribution is 0.626. The molecule has 0 heterocycles. The first-order valence-electron chi connectivity index (χ1n) is 6.75. The van der Waals surface area contributed by atoms with Gasteiger partial charge in [0.05, 0.1) is 6.04 Å². The van der Waals surface area contributed by atoms with E-state index in [-0.39, 0.29) is 5.82 Å². The molecule has 98 valence electrons. The molecule has 1 atom stereocenters. The van der Waals surface area contributed by atoms with E-state index in [9.17, 15) is 4.39 Å². The van der Waals surface area contributed by atoms with Crippen molar-refractivity contribution in [1.82, 2.24) is 0 Å². The van der Waals surface area contributed by atoms with Crippen LogP contribution in [0.25, 0.3) is 0 Å². The molecule has 2 aromatic carbocycles. The molecule has 1 aliphatic rings. The lowest BCUT2D eigenvalue weighted by Crippen LogP contribution is -2.07. The number of hydrogen-bond acceptors (Lipinski definition) is 1. The van der Waals surface area contributed by atoms with Crippen molar-refractivity contribution in [2.24, 2.45) is 0 Å². The van der Waals surface area contributed by atoms with Gasteiger partial charge >= 0.3 is 0 Å². The Bertz CT molecular complexity index is 619. The van der Waals surface area contributed by atoms with Gasteiger partial charge in [0.15, 0.2) is 0 Å². The minimum absolute atomic E-state index is 0.134. The summed E-state index contributed by atoms with van der Waals surface area (Å²) in [4.78, 5) is 0. The molecule has 2 aromatic rings. The second kappa shape index (κ2) is 4.69. The Labute approximate surface area is 113 Å². The van der Waals surface area contributed by atoms with Crippen molar-refractivity contribution in [3.63, 3.8) is 0 Å². The van der Waals surface area contributed by atoms with Crippen LogP contribution in [0.15, 0.2) is 36.4 Å². The molecule has 3 rings (SSSR count). The molecule has 1 aliphatic carbocycles. The number of anilines is 1. The molecule has 1 N–H and O–H groups in total. The van der Waals surface area contributed by atoms with Gasteiger partial charge in [-0.25, -0.2) is 4.39 Å². The second-order valence-electron chi connectivity index (χ2n) is 5.38. The van der Waals surface area contributed by atoms with Crippen LogP contribution in [0.1, 0.15) is 34.7 Å². The van der Waals surface area contributed by atoms with Gasteiger partial charge in [0.1, 0.15) is 5.82 Å². The van der Waals surface area contributed by atoms with Gasteiger partial charge in [0.25, 0.3) is 0 Å². The number of halogens is 1. The van der Waals surface area contributed by atoms with Crippen LogP contribution in [0.4, 0.5) is 10.1 Å². The Kier molecular flexibility index (Phi) is 3.02. The van der Waals surface area contributed by atoms with Crippen LogP contribution >= 0.6 is 0 Å². The molecule has 0 fully saturated rings. The fourth-order valence-electron chi connectivity index (χ4n) is 2.77. The fraction of sp³-hybridized carbons (Fsp3) is 0.294. The summed E-state index contributed by atoms with van der Waals surface area (Å²) in [5.74, 6) is -0.134. The van der Waals surface area contributed by atoms with Crippen molar-refractivity contribution in [2.75, 3.05) is 5.32 Å². The van der Waals surface area contributed by atoms with E-state index in [0.717, 1.165) is 24.1 Å². The summed E-state index contributed by atoms with van der Waals surface area (Å²) in [6, 6.07) is 11.9. The quantitative estimate of drug-likeness (QED) is 0.830. The highest BCUT2D eigenvalue weighted by Gasteiger charge is 2.22. The van der Waals surface area contributed by atoms with Crippen molar-refractivity contribution in [2.45, 2.75) is 32.7 Å². The van der Waals surface area contributed by atoms with E-state index in [0.29, 0.717) is 6.04 Å². The van der Waals surface area contributed by atoms with E-state index in [4.69, 9.17) is 0 Å². The summed E-state index contributed by atoms with van der Waals surface area (Å²) in [7, 11) is 0. The second-order valence-corrected chi connectivity index (χ2v) is 5.38. The van der Waals surface area contributed by atoms with Gasteiger partial charge < -0.3 is 5.32 Å². The van der Waals surface area contributed by atoms with Crippen molar-refractivity contribution < 1.29 is 4.39 Å². The fourth-order valence-corrected chi connectivity index (χ4v) is 2.77. The summed E-state index contributed by atoms with van der Waals surface area (Å²) in [5, 5.41) is 3.56. The van der Waals surface area contributed by atoms with Crippen molar-refractivity contribution in [3.8, 4) is 0 Å². The van der Waals surface area contributed by atoms with E-state index in [1.807, 2.05) is 6.07 Å². The minimum atomic E-state index is -0.134. The zero-order chi connectivity index (χ0) is 13.4. The number of rotatable bonds is 2. The monoisotopic (exact) mass is 255 g/mol. The van der Waals surface area contributed by atoms with Crippen LogP contribution in [-0.2, 0) is 6.42 Å². The average molecular weight is 255 g/mol. The van der Waals surface area contributed by atoms with Gasteiger partial charge in [0.2, 0.25) is 0 Å². The molecule has 0 radical (unpaired) electrons. The zero-order valence-electron chi connectivity index (χ0n) is 11.3. The molecule has 0 saturated carbocycles. The van der Waals surface area contributed by atoms with Gasteiger partial charge in [-0.1, -0.05) is 12.1 Å². The van der Waals surface area contributed by atoms with Gasteiger partial charge in [0, 0.05) is 5.69 Å². The lowest BCUT2D eigenvalue weighted by Gasteiger charge is -2.16. The first kappa shape index (κ1) is 12.2. The van der Waals surface area contributed by atoms with E-state index in [1.165, 1.54) is 16.7 Å². The van der Waals surface area contributed by atoms with Crippen LogP contribution in [0.3, 0.4) is 0 Å². The van der Waals surface area contributed by atoms with Crippen LogP contribution in [0, 0.1) is 19.7 Å². The molecular weight excluding hydrogens is 237 g/mol. The summed E-state index contributed by atoms with van der Waals surface area (Å²) in [6.07, 6.45) is 1.99. The summed E-state index contributed by atoms with van der Waals surface area (Å²) < 4.78 is 13.2. The Morgan fingerprint density at radius 2 is 1.89 bits per heavy atom. The smallest absolute Gasteiger partial charge is 0.123 e. The molecular formula is C17H18FN. The Hall–Kier alpha value is -1.83. The first-order chi connectivity index (χ1) is 9.13. The van der Waals surface area contributed by atoms with Crippen LogP contribution in [0.2, 0.25) is 0 Å². The third-order valence-electron chi connectivity index (χ3n) is 4.03. The third-order valence-corrected chi connectivity index (χ3v) is 4.03. The highest BCUT2D eigenvalue weighted by atomic mass is 19.1. The Morgan fingerprint density at radius 1 is 1.05 bits per heavy atom. The molecule has 1 nitrogen and oxygen atoms in total. The summed E-state index contributed by atoms with van der Waals surface area (Å²) in [6.45, 7) is 4.24. The number of fused-ring (bicyclic) bond motifs is 1. The lowest BCUT2D eigenvalue weighted by atomic mass is 10.1. The number of nitrogens with one attached hydrogen (secondary N) is 1. The Balaban J connectivity index is 1.84. The van der Waals surface area contributed by atoms with Crippen LogP contribution in [0.5, 0.6) is 0 Å². The molecule has 2 heteroatoms. The van der Waals surface area contributed by atoms with Crippen molar-refractivity contribution in [3.05, 3.63) is 64.5 Å². The van der Waals surface area contributed by atoms with E-state index < -0.39 is 0 Å². The Morgan fingerprint density at radius 3 is 2.68 bits per heavy atom. The predicted molar refractivity (Wildman–Crippen MR) is 77.0 cm³/mol. The maximum absolute atomic E-state index is 13.2. The highest BCUT2D eigenvalue weighted by molar-refractivity contribution is 5.51. The summed E-state index contributed by atoms with van der Waals surface area (Å²) in [5.41, 5.74) is 6.12.